The topological polar surface area (TPSA) is 29.4 Å². The predicted octanol–water partition coefficient (Wildman–Crippen LogP) is 3.77. The molecular formula is C14H8BrNO. The van der Waals surface area contributed by atoms with Gasteiger partial charge < -0.3 is 0 Å². The molecule has 0 spiro atoms. The molecule has 3 rings (SSSR count). The Morgan fingerprint density at radius 1 is 1.00 bits per heavy atom. The molecule has 0 radical (unpaired) electrons. The molecule has 0 unspecified atom stereocenters. The predicted molar refractivity (Wildman–Crippen MR) is 71.1 cm³/mol. The first-order valence-electron chi connectivity index (χ1n) is 5.24. The van der Waals surface area contributed by atoms with E-state index in [-0.39, 0.29) is 5.78 Å². The fourth-order valence-electron chi connectivity index (χ4n) is 1.88. The number of carbonyl (C=O) groups excluding carboxylic acids is 1. The average molecular weight is 286 g/mol. The average Bonchev–Trinajstić information content (AvgIpc) is 2.67. The first kappa shape index (κ1) is 10.4. The maximum Gasteiger partial charge on any atom is 0.214 e. The van der Waals surface area contributed by atoms with Crippen molar-refractivity contribution in [2.24, 2.45) is 4.99 Å². The van der Waals surface area contributed by atoms with Crippen LogP contribution < -0.4 is 0 Å². The van der Waals surface area contributed by atoms with Crippen LogP contribution in [0.5, 0.6) is 0 Å². The second-order valence-corrected chi connectivity index (χ2v) is 4.73. The Labute approximate surface area is 107 Å². The highest BCUT2D eigenvalue weighted by molar-refractivity contribution is 9.10. The monoisotopic (exact) mass is 285 g/mol. The lowest BCUT2D eigenvalue weighted by molar-refractivity contribution is 0.107. The minimum Gasteiger partial charge on any atom is -0.287 e. The summed E-state index contributed by atoms with van der Waals surface area (Å²) in [4.78, 5) is 16.6. The van der Waals surface area contributed by atoms with E-state index in [9.17, 15) is 4.79 Å². The van der Waals surface area contributed by atoms with E-state index in [4.69, 9.17) is 0 Å². The lowest BCUT2D eigenvalue weighted by Crippen LogP contribution is -2.10. The molecule has 2 aromatic rings. The molecule has 3 heteroatoms. The van der Waals surface area contributed by atoms with Crippen molar-refractivity contribution in [1.82, 2.24) is 0 Å². The van der Waals surface area contributed by atoms with E-state index in [1.54, 1.807) is 6.07 Å². The van der Waals surface area contributed by atoms with Gasteiger partial charge in [-0.15, -0.1) is 0 Å². The Morgan fingerprint density at radius 3 is 2.53 bits per heavy atom. The molecule has 0 aliphatic carbocycles. The molecule has 1 heterocycles. The van der Waals surface area contributed by atoms with E-state index < -0.39 is 0 Å². The molecule has 2 aromatic carbocycles. The number of nitrogens with zero attached hydrogens (tertiary/aromatic N) is 1. The fourth-order valence-corrected chi connectivity index (χ4v) is 2.23. The number of Topliss-reactive ketones (excluding diaryl/α,β-unsaturated/α-hetero) is 1. The van der Waals surface area contributed by atoms with Crippen LogP contribution in [0, 0.1) is 0 Å². The highest BCUT2D eigenvalue weighted by atomic mass is 79.9. The highest BCUT2D eigenvalue weighted by Crippen LogP contribution is 2.31. The van der Waals surface area contributed by atoms with Gasteiger partial charge in [-0.1, -0.05) is 46.3 Å². The Morgan fingerprint density at radius 2 is 1.76 bits per heavy atom. The van der Waals surface area contributed by atoms with Gasteiger partial charge in [0.15, 0.2) is 0 Å². The zero-order chi connectivity index (χ0) is 11.8. The maximum atomic E-state index is 12.2. The third kappa shape index (κ3) is 1.72. The zero-order valence-corrected chi connectivity index (χ0v) is 10.4. The summed E-state index contributed by atoms with van der Waals surface area (Å²) in [5, 5.41) is 0. The SMILES string of the molecule is O=C1C(c2ccccc2)=Nc2cc(Br)ccc21. The quantitative estimate of drug-likeness (QED) is 0.784. The van der Waals surface area contributed by atoms with Crippen molar-refractivity contribution in [3.05, 3.63) is 64.1 Å². The van der Waals surface area contributed by atoms with Crippen LogP contribution in [0.2, 0.25) is 0 Å². The van der Waals surface area contributed by atoms with Crippen LogP contribution in [0.3, 0.4) is 0 Å². The van der Waals surface area contributed by atoms with Crippen LogP contribution in [-0.4, -0.2) is 11.5 Å². The Balaban J connectivity index is 2.13. The van der Waals surface area contributed by atoms with Crippen LogP contribution in [0.15, 0.2) is 58.0 Å². The Kier molecular flexibility index (Phi) is 2.41. The number of benzene rings is 2. The van der Waals surface area contributed by atoms with Gasteiger partial charge in [0.2, 0.25) is 5.78 Å². The minimum absolute atomic E-state index is 0.00120. The van der Waals surface area contributed by atoms with Gasteiger partial charge in [0.05, 0.1) is 5.69 Å². The molecule has 17 heavy (non-hydrogen) atoms. The molecular weight excluding hydrogens is 278 g/mol. The number of halogens is 1. The maximum absolute atomic E-state index is 12.2. The fraction of sp³-hybridized carbons (Fsp3) is 0. The molecule has 1 aliphatic rings. The van der Waals surface area contributed by atoms with Crippen molar-refractivity contribution in [3.63, 3.8) is 0 Å². The van der Waals surface area contributed by atoms with Crippen molar-refractivity contribution in [1.29, 1.82) is 0 Å². The number of rotatable bonds is 1. The van der Waals surface area contributed by atoms with E-state index in [1.165, 1.54) is 0 Å². The van der Waals surface area contributed by atoms with Gasteiger partial charge in [-0.3, -0.25) is 4.79 Å². The van der Waals surface area contributed by atoms with Crippen molar-refractivity contribution in [2.45, 2.75) is 0 Å². The number of ketones is 1. The molecule has 2 nitrogen and oxygen atoms in total. The summed E-state index contributed by atoms with van der Waals surface area (Å²) in [7, 11) is 0. The molecule has 0 atom stereocenters. The summed E-state index contributed by atoms with van der Waals surface area (Å²) >= 11 is 3.38. The number of hydrogen-bond donors (Lipinski definition) is 0. The lowest BCUT2D eigenvalue weighted by Gasteiger charge is -1.97. The number of carbonyl (C=O) groups is 1. The summed E-state index contributed by atoms with van der Waals surface area (Å²) in [6, 6.07) is 15.1. The van der Waals surface area contributed by atoms with Gasteiger partial charge in [0, 0.05) is 15.6 Å². The largest absolute Gasteiger partial charge is 0.287 e. The van der Waals surface area contributed by atoms with E-state index in [2.05, 4.69) is 20.9 Å². The van der Waals surface area contributed by atoms with Crippen molar-refractivity contribution in [2.75, 3.05) is 0 Å². The van der Waals surface area contributed by atoms with Gasteiger partial charge in [0.25, 0.3) is 0 Å². The van der Waals surface area contributed by atoms with Gasteiger partial charge in [-0.25, -0.2) is 4.99 Å². The first-order chi connectivity index (χ1) is 8.25. The molecule has 1 aliphatic heterocycles. The second-order valence-electron chi connectivity index (χ2n) is 3.82. The number of fused-ring (bicyclic) bond motifs is 1. The number of aliphatic imine (C=N–C) groups is 1. The van der Waals surface area contributed by atoms with Gasteiger partial charge in [-0.05, 0) is 18.2 Å². The van der Waals surface area contributed by atoms with Crippen LogP contribution in [0.1, 0.15) is 15.9 Å². The van der Waals surface area contributed by atoms with Crippen LogP contribution >= 0.6 is 15.9 Å². The summed E-state index contributed by atoms with van der Waals surface area (Å²) in [5.74, 6) is -0.00120. The van der Waals surface area contributed by atoms with Gasteiger partial charge in [0.1, 0.15) is 5.71 Å². The minimum atomic E-state index is -0.00120. The highest BCUT2D eigenvalue weighted by Gasteiger charge is 2.25. The van der Waals surface area contributed by atoms with Gasteiger partial charge in [-0.2, -0.15) is 0 Å². The van der Waals surface area contributed by atoms with Crippen LogP contribution in [-0.2, 0) is 0 Å². The molecule has 0 bridgehead atoms. The standard InChI is InChI=1S/C14H8BrNO/c15-10-6-7-11-12(8-10)16-13(14(11)17)9-4-2-1-3-5-9/h1-8H. The van der Waals surface area contributed by atoms with Crippen molar-refractivity contribution in [3.8, 4) is 0 Å². The molecule has 0 fully saturated rings. The summed E-state index contributed by atoms with van der Waals surface area (Å²) < 4.78 is 0.933. The third-order valence-electron chi connectivity index (χ3n) is 2.70. The zero-order valence-electron chi connectivity index (χ0n) is 8.85. The summed E-state index contributed by atoms with van der Waals surface area (Å²) in [5.41, 5.74) is 2.80. The van der Waals surface area contributed by atoms with Gasteiger partial charge >= 0.3 is 0 Å². The molecule has 0 N–H and O–H groups in total. The van der Waals surface area contributed by atoms with Crippen LogP contribution in [0.4, 0.5) is 5.69 Å². The molecule has 0 saturated heterocycles. The van der Waals surface area contributed by atoms with E-state index in [0.717, 1.165) is 15.7 Å². The Bertz CT molecular complexity index is 632. The van der Waals surface area contributed by atoms with Crippen molar-refractivity contribution < 1.29 is 4.79 Å². The normalized spacial score (nSPS) is 13.5. The molecule has 0 amide bonds. The molecule has 0 aromatic heterocycles. The smallest absolute Gasteiger partial charge is 0.214 e. The molecule has 82 valence electrons. The molecule has 0 saturated carbocycles. The van der Waals surface area contributed by atoms with E-state index in [0.29, 0.717) is 11.3 Å². The lowest BCUT2D eigenvalue weighted by atomic mass is 10.0. The van der Waals surface area contributed by atoms with E-state index in [1.807, 2.05) is 42.5 Å². The summed E-state index contributed by atoms with van der Waals surface area (Å²) in [6.45, 7) is 0. The second kappa shape index (κ2) is 3.93. The number of hydrogen-bond acceptors (Lipinski definition) is 2. The van der Waals surface area contributed by atoms with E-state index >= 15 is 0 Å². The Hall–Kier alpha value is -1.74. The third-order valence-corrected chi connectivity index (χ3v) is 3.19. The van der Waals surface area contributed by atoms with Crippen molar-refractivity contribution >= 4 is 33.1 Å². The first-order valence-corrected chi connectivity index (χ1v) is 6.03. The summed E-state index contributed by atoms with van der Waals surface area (Å²) in [6.07, 6.45) is 0. The van der Waals surface area contributed by atoms with Crippen LogP contribution in [0.25, 0.3) is 0 Å².